The van der Waals surface area contributed by atoms with Crippen molar-refractivity contribution in [2.24, 2.45) is 0 Å². The summed E-state index contributed by atoms with van der Waals surface area (Å²) < 4.78 is 21.5. The van der Waals surface area contributed by atoms with E-state index in [9.17, 15) is 9.18 Å². The van der Waals surface area contributed by atoms with Crippen molar-refractivity contribution in [3.05, 3.63) is 101 Å². The van der Waals surface area contributed by atoms with Gasteiger partial charge in [0.1, 0.15) is 17.3 Å². The number of nitrogens with one attached hydrogen (secondary N) is 2. The van der Waals surface area contributed by atoms with Crippen molar-refractivity contribution in [2.45, 2.75) is 38.1 Å². The molecule has 1 aliphatic heterocycles. The van der Waals surface area contributed by atoms with Crippen molar-refractivity contribution in [2.75, 3.05) is 20.7 Å². The maximum atomic E-state index is 13.2. The minimum atomic E-state index is -0.304. The lowest BCUT2D eigenvalue weighted by Gasteiger charge is -2.28. The summed E-state index contributed by atoms with van der Waals surface area (Å²) in [5.74, 6) is 1.26. The van der Waals surface area contributed by atoms with Crippen LogP contribution in [0.4, 0.5) is 4.39 Å². The zero-order valence-electron chi connectivity index (χ0n) is 23.0. The molecule has 0 saturated carbocycles. The highest BCUT2D eigenvalue weighted by Crippen LogP contribution is 2.36. The molecule has 2 aromatic heterocycles. The lowest BCUT2D eigenvalue weighted by molar-refractivity contribution is -0.0478. The van der Waals surface area contributed by atoms with Gasteiger partial charge in [-0.05, 0) is 62.8 Å². The van der Waals surface area contributed by atoms with Crippen LogP contribution in [0.1, 0.15) is 52.6 Å². The van der Waals surface area contributed by atoms with E-state index in [2.05, 4.69) is 20.5 Å². The zero-order chi connectivity index (χ0) is 28.3. The molecule has 3 aromatic carbocycles. The summed E-state index contributed by atoms with van der Waals surface area (Å²) in [6, 6.07) is 21.6. The van der Waals surface area contributed by atoms with Crippen LogP contribution in [0, 0.1) is 5.82 Å². The normalized spacial score (nSPS) is 17.3. The third-order valence-corrected chi connectivity index (χ3v) is 7.28. The molecular formula is C31H32FN7O2. The molecule has 2 atom stereocenters. The molecule has 0 radical (unpaired) electrons. The largest absolute Gasteiger partial charge is 0.356 e. The summed E-state index contributed by atoms with van der Waals surface area (Å²) in [6.45, 7) is 1.53. The number of hydrogen-bond acceptors (Lipinski definition) is 6. The van der Waals surface area contributed by atoms with Gasteiger partial charge in [0.2, 0.25) is 0 Å². The summed E-state index contributed by atoms with van der Waals surface area (Å²) in [4.78, 5) is 19.7. The van der Waals surface area contributed by atoms with Gasteiger partial charge < -0.3 is 15.0 Å². The third kappa shape index (κ3) is 5.89. The van der Waals surface area contributed by atoms with Crippen LogP contribution < -0.4 is 5.32 Å². The van der Waals surface area contributed by atoms with Gasteiger partial charge in [0.15, 0.2) is 12.1 Å². The zero-order valence-corrected chi connectivity index (χ0v) is 23.0. The molecule has 5 aromatic rings. The van der Waals surface area contributed by atoms with E-state index in [1.54, 1.807) is 18.2 Å². The van der Waals surface area contributed by atoms with Gasteiger partial charge in [-0.2, -0.15) is 10.2 Å². The number of aromatic amines is 1. The molecule has 1 saturated heterocycles. The number of amides is 1. The molecule has 0 aliphatic carbocycles. The van der Waals surface area contributed by atoms with Crippen molar-refractivity contribution in [3.8, 4) is 11.3 Å². The van der Waals surface area contributed by atoms with Gasteiger partial charge in [0, 0.05) is 29.0 Å². The van der Waals surface area contributed by atoms with E-state index in [0.717, 1.165) is 52.2 Å². The van der Waals surface area contributed by atoms with Crippen LogP contribution in [-0.4, -0.2) is 56.5 Å². The number of halogens is 1. The van der Waals surface area contributed by atoms with Crippen molar-refractivity contribution < 1.29 is 13.9 Å². The Labute approximate surface area is 237 Å². The van der Waals surface area contributed by atoms with Crippen molar-refractivity contribution >= 4 is 16.8 Å². The summed E-state index contributed by atoms with van der Waals surface area (Å²) >= 11 is 0. The van der Waals surface area contributed by atoms with Crippen molar-refractivity contribution in [1.29, 1.82) is 0 Å². The first-order chi connectivity index (χ1) is 19.9. The predicted molar refractivity (Wildman–Crippen MR) is 153 cm³/mol. The van der Waals surface area contributed by atoms with E-state index >= 15 is 0 Å². The predicted octanol–water partition coefficient (Wildman–Crippen LogP) is 5.04. The summed E-state index contributed by atoms with van der Waals surface area (Å²) in [6.07, 6.45) is 1.45. The van der Waals surface area contributed by atoms with Gasteiger partial charge in [-0.25, -0.2) is 14.1 Å². The number of aromatic nitrogens is 5. The molecule has 1 fully saturated rings. The second kappa shape index (κ2) is 11.6. The Morgan fingerprint density at radius 3 is 2.71 bits per heavy atom. The van der Waals surface area contributed by atoms with Gasteiger partial charge in [0.05, 0.1) is 18.7 Å². The number of hydrogen-bond donors (Lipinski definition) is 2. The molecule has 9 nitrogen and oxygen atoms in total. The number of ether oxygens (including phenoxy) is 1. The monoisotopic (exact) mass is 553 g/mol. The second-order valence-corrected chi connectivity index (χ2v) is 10.6. The number of carbonyl (C=O) groups excluding carboxylic acids is 1. The smallest absolute Gasteiger partial charge is 0.251 e. The molecule has 1 aliphatic rings. The van der Waals surface area contributed by atoms with Crippen LogP contribution in [0.25, 0.3) is 22.2 Å². The average molecular weight is 554 g/mol. The van der Waals surface area contributed by atoms with E-state index < -0.39 is 0 Å². The number of nitrogens with zero attached hydrogens (tertiary/aromatic N) is 5. The Hall–Kier alpha value is -4.41. The van der Waals surface area contributed by atoms with Crippen LogP contribution in [0.3, 0.4) is 0 Å². The Bertz CT molecular complexity index is 1650. The standard InChI is InChI=1S/C31H32FN7O2/c1-38(2)18-27-34-30(36-35-27)23-12-15-28(41-19-23)39-26-9-4-3-8-25(26)29(37-39)21-6-5-7-22(16-21)31(40)33-17-20-10-13-24(32)14-11-20/h3-11,13-14,16,23,28H,12,15,17-19H2,1-2H3,(H,33,40)(H,34,35,36). The number of carbonyl (C=O) groups is 1. The number of benzene rings is 3. The van der Waals surface area contributed by atoms with E-state index in [0.29, 0.717) is 25.3 Å². The SMILES string of the molecule is CN(C)Cc1nc(C2CCC(n3nc(-c4cccc(C(=O)NCc5ccc(F)cc5)c4)c4ccccc43)OC2)n[nH]1. The topological polar surface area (TPSA) is 101 Å². The van der Waals surface area contributed by atoms with Crippen LogP contribution >= 0.6 is 0 Å². The van der Waals surface area contributed by atoms with E-state index in [-0.39, 0.29) is 23.9 Å². The Morgan fingerprint density at radius 1 is 1.10 bits per heavy atom. The van der Waals surface area contributed by atoms with Gasteiger partial charge >= 0.3 is 0 Å². The van der Waals surface area contributed by atoms with Gasteiger partial charge in [-0.1, -0.05) is 42.5 Å². The van der Waals surface area contributed by atoms with Crippen molar-refractivity contribution in [3.63, 3.8) is 0 Å². The number of rotatable bonds is 8. The van der Waals surface area contributed by atoms with Crippen LogP contribution in [0.5, 0.6) is 0 Å². The highest BCUT2D eigenvalue weighted by atomic mass is 19.1. The molecule has 6 rings (SSSR count). The minimum Gasteiger partial charge on any atom is -0.356 e. The molecule has 2 N–H and O–H groups in total. The first-order valence-electron chi connectivity index (χ1n) is 13.7. The fourth-order valence-electron chi connectivity index (χ4n) is 5.21. The van der Waals surface area contributed by atoms with Gasteiger partial charge in [-0.15, -0.1) is 0 Å². The van der Waals surface area contributed by atoms with Gasteiger partial charge in [-0.3, -0.25) is 9.89 Å². The Morgan fingerprint density at radius 2 is 1.93 bits per heavy atom. The fraction of sp³-hybridized carbons (Fsp3) is 0.290. The van der Waals surface area contributed by atoms with Gasteiger partial charge in [0.25, 0.3) is 5.91 Å². The third-order valence-electron chi connectivity index (χ3n) is 7.28. The number of H-pyrrole nitrogens is 1. The molecule has 1 amide bonds. The molecule has 41 heavy (non-hydrogen) atoms. The van der Waals surface area contributed by atoms with Crippen LogP contribution in [0.2, 0.25) is 0 Å². The molecule has 0 spiro atoms. The average Bonchev–Trinajstić information content (AvgIpc) is 3.62. The summed E-state index contributed by atoms with van der Waals surface area (Å²) in [7, 11) is 4.00. The highest BCUT2D eigenvalue weighted by Gasteiger charge is 2.29. The van der Waals surface area contributed by atoms with E-state index in [1.165, 1.54) is 12.1 Å². The lowest BCUT2D eigenvalue weighted by Crippen LogP contribution is -2.25. The van der Waals surface area contributed by atoms with Crippen molar-refractivity contribution in [1.82, 2.24) is 35.2 Å². The molecule has 0 bridgehead atoms. The first kappa shape index (κ1) is 26.8. The molecule has 10 heteroatoms. The highest BCUT2D eigenvalue weighted by molar-refractivity contribution is 5.98. The van der Waals surface area contributed by atoms with Crippen LogP contribution in [0.15, 0.2) is 72.8 Å². The quantitative estimate of drug-likeness (QED) is 0.279. The summed E-state index contributed by atoms with van der Waals surface area (Å²) in [5, 5.41) is 16.4. The maximum absolute atomic E-state index is 13.2. The number of fused-ring (bicyclic) bond motifs is 1. The minimum absolute atomic E-state index is 0.129. The lowest BCUT2D eigenvalue weighted by atomic mass is 10.0. The number of para-hydroxylation sites is 1. The fourth-order valence-corrected chi connectivity index (χ4v) is 5.21. The van der Waals surface area contributed by atoms with E-state index in [4.69, 9.17) is 9.84 Å². The molecule has 210 valence electrons. The molecule has 2 unspecified atom stereocenters. The Kier molecular flexibility index (Phi) is 7.58. The summed E-state index contributed by atoms with van der Waals surface area (Å²) in [5.41, 5.74) is 3.97. The molecule has 3 heterocycles. The molecular weight excluding hydrogens is 521 g/mol. The second-order valence-electron chi connectivity index (χ2n) is 10.6. The Balaban J connectivity index is 1.19. The first-order valence-corrected chi connectivity index (χ1v) is 13.7. The van der Waals surface area contributed by atoms with E-state index in [1.807, 2.05) is 66.1 Å². The maximum Gasteiger partial charge on any atom is 0.251 e. The van der Waals surface area contributed by atoms with Crippen LogP contribution in [-0.2, 0) is 17.8 Å².